The molecule has 1 aromatic carbocycles. The maximum Gasteiger partial charge on any atom is 0.329 e. The van der Waals surface area contributed by atoms with Crippen LogP contribution in [-0.2, 0) is 18.3 Å². The van der Waals surface area contributed by atoms with Crippen LogP contribution in [-0.4, -0.2) is 36.9 Å². The average molecular weight is 432 g/mol. The molecule has 1 amide bonds. The number of fused-ring (bicyclic) bond motifs is 1. The molecule has 0 radical (unpaired) electrons. The largest absolute Gasteiger partial charge is 0.336 e. The molecule has 1 fully saturated rings. The van der Waals surface area contributed by atoms with Gasteiger partial charge in [-0.1, -0.05) is 12.1 Å². The molecule has 3 N–H and O–H groups in total. The molecule has 29 heavy (non-hydrogen) atoms. The minimum atomic E-state index is -0.521. The van der Waals surface area contributed by atoms with E-state index in [2.05, 4.69) is 26.3 Å². The third-order valence-corrected chi connectivity index (χ3v) is 7.68. The van der Waals surface area contributed by atoms with Gasteiger partial charge in [0.05, 0.1) is 4.58 Å². The Morgan fingerprint density at radius 2 is 2.07 bits per heavy atom. The van der Waals surface area contributed by atoms with E-state index in [0.29, 0.717) is 16.8 Å². The Kier molecular flexibility index (Phi) is 5.81. The van der Waals surface area contributed by atoms with Crippen molar-refractivity contribution in [1.29, 1.82) is 0 Å². The summed E-state index contributed by atoms with van der Waals surface area (Å²) >= 11 is 3.88. The van der Waals surface area contributed by atoms with Crippen molar-refractivity contribution in [2.24, 2.45) is 7.05 Å². The van der Waals surface area contributed by atoms with Gasteiger partial charge in [-0.25, -0.2) is 9.78 Å². The number of hydrogen-bond acceptors (Lipinski definition) is 6. The van der Waals surface area contributed by atoms with Crippen molar-refractivity contribution in [2.75, 3.05) is 16.8 Å². The molecule has 1 aliphatic heterocycles. The summed E-state index contributed by atoms with van der Waals surface area (Å²) in [5.74, 6) is 2.69. The Morgan fingerprint density at radius 1 is 1.28 bits per heavy atom. The molecule has 0 bridgehead atoms. The lowest BCUT2D eigenvalue weighted by Gasteiger charge is -2.21. The molecular formula is C19H21N5O3S2. The normalized spacial score (nSPS) is 14.9. The first-order valence-corrected chi connectivity index (χ1v) is 11.4. The zero-order valence-electron chi connectivity index (χ0n) is 15.9. The van der Waals surface area contributed by atoms with Crippen LogP contribution in [0, 0.1) is 0 Å². The lowest BCUT2D eigenvalue weighted by Crippen LogP contribution is -2.28. The second-order valence-corrected chi connectivity index (χ2v) is 9.53. The SMILES string of the molecule is Cn1c(=O)[nH]c(=O)c2[nH]c(CCC(=O)Nc3cccc(C4SCCCS4)c3)nc21. The van der Waals surface area contributed by atoms with E-state index in [0.717, 1.165) is 5.69 Å². The van der Waals surface area contributed by atoms with E-state index in [4.69, 9.17) is 0 Å². The smallest absolute Gasteiger partial charge is 0.329 e. The van der Waals surface area contributed by atoms with Gasteiger partial charge in [0.2, 0.25) is 5.91 Å². The third kappa shape index (κ3) is 4.43. The summed E-state index contributed by atoms with van der Waals surface area (Å²) in [7, 11) is 1.54. The summed E-state index contributed by atoms with van der Waals surface area (Å²) < 4.78 is 1.68. The van der Waals surface area contributed by atoms with E-state index in [-0.39, 0.29) is 23.5 Å². The summed E-state index contributed by atoms with van der Waals surface area (Å²) in [6.45, 7) is 0. The van der Waals surface area contributed by atoms with Gasteiger partial charge in [-0.15, -0.1) is 23.5 Å². The molecule has 2 aromatic heterocycles. The fourth-order valence-corrected chi connectivity index (χ4v) is 6.04. The summed E-state index contributed by atoms with van der Waals surface area (Å²) in [5.41, 5.74) is 1.48. The second-order valence-electron chi connectivity index (χ2n) is 6.80. The van der Waals surface area contributed by atoms with Crippen LogP contribution < -0.4 is 16.6 Å². The average Bonchev–Trinajstić information content (AvgIpc) is 3.17. The van der Waals surface area contributed by atoms with Crippen molar-refractivity contribution in [2.45, 2.75) is 23.8 Å². The Labute approximate surface area is 174 Å². The molecule has 4 rings (SSSR count). The van der Waals surface area contributed by atoms with E-state index in [9.17, 15) is 14.4 Å². The first-order valence-electron chi connectivity index (χ1n) is 9.32. The van der Waals surface area contributed by atoms with Crippen LogP contribution in [0.25, 0.3) is 11.2 Å². The number of imidazole rings is 1. The monoisotopic (exact) mass is 431 g/mol. The number of anilines is 1. The number of carbonyl (C=O) groups excluding carboxylic acids is 1. The van der Waals surface area contributed by atoms with Crippen molar-refractivity contribution >= 4 is 46.3 Å². The number of benzene rings is 1. The maximum absolute atomic E-state index is 12.4. The van der Waals surface area contributed by atoms with Gasteiger partial charge in [-0.2, -0.15) is 0 Å². The standard InChI is InChI=1S/C19H21N5O3S2/c1-24-16-15(17(26)23-19(24)27)21-13(22-16)6-7-14(25)20-12-5-2-4-11(10-12)18-28-8-3-9-29-18/h2,4-5,10,18H,3,6-9H2,1H3,(H,20,25)(H,21,22)(H,23,26,27). The molecule has 8 nitrogen and oxygen atoms in total. The fraction of sp³-hybridized carbons (Fsp3) is 0.368. The van der Waals surface area contributed by atoms with E-state index < -0.39 is 11.2 Å². The predicted octanol–water partition coefficient (Wildman–Crippen LogP) is 2.39. The zero-order valence-corrected chi connectivity index (χ0v) is 17.5. The molecule has 152 valence electrons. The van der Waals surface area contributed by atoms with Gasteiger partial charge in [0.1, 0.15) is 11.3 Å². The quantitative estimate of drug-likeness (QED) is 0.572. The van der Waals surface area contributed by atoms with Crippen LogP contribution in [0.4, 0.5) is 5.69 Å². The number of aromatic amines is 2. The number of aryl methyl sites for hydroxylation is 2. The molecule has 0 spiro atoms. The Morgan fingerprint density at radius 3 is 2.86 bits per heavy atom. The molecule has 0 unspecified atom stereocenters. The number of hydrogen-bond donors (Lipinski definition) is 3. The number of nitrogens with one attached hydrogen (secondary N) is 3. The Bertz CT molecular complexity index is 1160. The van der Waals surface area contributed by atoms with Gasteiger partial charge in [0.25, 0.3) is 5.56 Å². The third-order valence-electron chi connectivity index (χ3n) is 4.66. The van der Waals surface area contributed by atoms with Crippen LogP contribution in [0.3, 0.4) is 0 Å². The van der Waals surface area contributed by atoms with E-state index >= 15 is 0 Å². The number of aromatic nitrogens is 4. The van der Waals surface area contributed by atoms with Gasteiger partial charge >= 0.3 is 5.69 Å². The zero-order chi connectivity index (χ0) is 20.4. The summed E-state index contributed by atoms with van der Waals surface area (Å²) in [6.07, 6.45) is 1.79. The van der Waals surface area contributed by atoms with Crippen molar-refractivity contribution in [3.05, 3.63) is 56.5 Å². The number of H-pyrrole nitrogens is 2. The minimum Gasteiger partial charge on any atom is -0.336 e. The van der Waals surface area contributed by atoms with Crippen LogP contribution >= 0.6 is 23.5 Å². The topological polar surface area (TPSA) is 113 Å². The van der Waals surface area contributed by atoms with Crippen molar-refractivity contribution in [1.82, 2.24) is 19.5 Å². The Balaban J connectivity index is 1.41. The molecule has 1 aliphatic rings. The van der Waals surface area contributed by atoms with Crippen LogP contribution in [0.2, 0.25) is 0 Å². The Hall–Kier alpha value is -2.46. The van der Waals surface area contributed by atoms with Crippen molar-refractivity contribution in [3.63, 3.8) is 0 Å². The number of carbonyl (C=O) groups is 1. The van der Waals surface area contributed by atoms with Gasteiger partial charge in [-0.05, 0) is 35.6 Å². The fourth-order valence-electron chi connectivity index (χ4n) is 3.17. The molecule has 0 atom stereocenters. The highest BCUT2D eigenvalue weighted by Gasteiger charge is 2.17. The second kappa shape index (κ2) is 8.50. The lowest BCUT2D eigenvalue weighted by atomic mass is 10.2. The van der Waals surface area contributed by atoms with Gasteiger partial charge in [0.15, 0.2) is 5.65 Å². The van der Waals surface area contributed by atoms with Gasteiger partial charge in [-0.3, -0.25) is 19.1 Å². The van der Waals surface area contributed by atoms with Crippen LogP contribution in [0.5, 0.6) is 0 Å². The first-order chi connectivity index (χ1) is 14.0. The maximum atomic E-state index is 12.4. The molecule has 0 saturated carbocycles. The van der Waals surface area contributed by atoms with Crippen molar-refractivity contribution in [3.8, 4) is 0 Å². The molecule has 3 aromatic rings. The highest BCUT2D eigenvalue weighted by molar-refractivity contribution is 8.16. The number of amides is 1. The molecule has 3 heterocycles. The summed E-state index contributed by atoms with van der Waals surface area (Å²) in [4.78, 5) is 45.4. The predicted molar refractivity (Wildman–Crippen MR) is 118 cm³/mol. The van der Waals surface area contributed by atoms with Gasteiger partial charge in [0, 0.05) is 25.6 Å². The molecule has 0 aliphatic carbocycles. The van der Waals surface area contributed by atoms with Crippen LogP contribution in [0.1, 0.15) is 28.8 Å². The summed E-state index contributed by atoms with van der Waals surface area (Å²) in [5, 5.41) is 2.94. The molecule has 10 heteroatoms. The molecule has 1 saturated heterocycles. The lowest BCUT2D eigenvalue weighted by molar-refractivity contribution is -0.116. The number of thioether (sulfide) groups is 2. The van der Waals surface area contributed by atoms with E-state index in [1.165, 1.54) is 35.1 Å². The summed E-state index contributed by atoms with van der Waals surface area (Å²) in [6, 6.07) is 7.98. The van der Waals surface area contributed by atoms with E-state index in [1.807, 2.05) is 41.7 Å². The minimum absolute atomic E-state index is 0.130. The first kappa shape index (κ1) is 19.8. The number of nitrogens with zero attached hydrogens (tertiary/aromatic N) is 2. The number of rotatable bonds is 5. The highest BCUT2D eigenvalue weighted by atomic mass is 32.2. The van der Waals surface area contributed by atoms with E-state index in [1.54, 1.807) is 0 Å². The van der Waals surface area contributed by atoms with Crippen LogP contribution in [0.15, 0.2) is 33.9 Å². The van der Waals surface area contributed by atoms with Crippen molar-refractivity contribution < 1.29 is 4.79 Å². The molecular weight excluding hydrogens is 410 g/mol. The van der Waals surface area contributed by atoms with Gasteiger partial charge < -0.3 is 10.3 Å². The highest BCUT2D eigenvalue weighted by Crippen LogP contribution is 2.44.